The molecule has 0 saturated heterocycles. The number of carbonyl (C=O) groups is 1. The molecule has 1 N–H and O–H groups in total. The number of nitrogens with zero attached hydrogens (tertiary/aromatic N) is 7. The van der Waals surface area contributed by atoms with E-state index in [2.05, 4.69) is 30.7 Å². The molecule has 0 aromatic carbocycles. The second-order valence-electron chi connectivity index (χ2n) is 3.98. The average molecular weight is 290 g/mol. The van der Waals surface area contributed by atoms with Crippen LogP contribution >= 0.6 is 11.3 Å². The Balaban J connectivity index is 1.82. The van der Waals surface area contributed by atoms with E-state index in [4.69, 9.17) is 0 Å². The number of tetrazole rings is 1. The molecule has 0 radical (unpaired) electrons. The van der Waals surface area contributed by atoms with Gasteiger partial charge in [0.05, 0.1) is 12.2 Å². The maximum Gasteiger partial charge on any atom is 0.266 e. The Morgan fingerprint density at radius 2 is 2.45 bits per heavy atom. The van der Waals surface area contributed by atoms with Crippen molar-refractivity contribution in [1.29, 1.82) is 0 Å². The van der Waals surface area contributed by atoms with Crippen molar-refractivity contribution in [3.8, 4) is 5.69 Å². The van der Waals surface area contributed by atoms with E-state index < -0.39 is 0 Å². The molecule has 3 rings (SSSR count). The highest BCUT2D eigenvalue weighted by Crippen LogP contribution is 2.21. The number of nitrogens with one attached hydrogen (secondary N) is 1. The summed E-state index contributed by atoms with van der Waals surface area (Å²) < 4.78 is 1.46. The third kappa shape index (κ3) is 2.28. The number of aromatic nitrogens is 7. The molecule has 0 aliphatic rings. The smallest absolute Gasteiger partial charge is 0.266 e. The van der Waals surface area contributed by atoms with Crippen molar-refractivity contribution >= 4 is 17.2 Å². The van der Waals surface area contributed by atoms with E-state index in [0.29, 0.717) is 22.9 Å². The summed E-state index contributed by atoms with van der Waals surface area (Å²) in [5.41, 5.74) is 0.661. The van der Waals surface area contributed by atoms with Gasteiger partial charge in [0.15, 0.2) is 0 Å². The normalized spacial score (nSPS) is 10.7. The van der Waals surface area contributed by atoms with Crippen LogP contribution in [-0.2, 0) is 6.54 Å². The van der Waals surface area contributed by atoms with Gasteiger partial charge < -0.3 is 4.90 Å². The Hall–Kier alpha value is -2.62. The molecule has 9 nitrogen and oxygen atoms in total. The molecule has 3 aromatic rings. The van der Waals surface area contributed by atoms with Crippen molar-refractivity contribution in [3.05, 3.63) is 34.8 Å². The standard InChI is InChI=1S/C10H10N8OS/c1-17(4-8-11-5-12-14-8)10(19)9-7(2-3-20-9)18-6-13-15-16-18/h2-3,5-6H,4H2,1H3,(H,11,12,14). The molecule has 0 aliphatic heterocycles. The monoisotopic (exact) mass is 290 g/mol. The fraction of sp³-hybridized carbons (Fsp3) is 0.200. The molecule has 0 atom stereocenters. The lowest BCUT2D eigenvalue weighted by molar-refractivity contribution is 0.0786. The van der Waals surface area contributed by atoms with E-state index >= 15 is 0 Å². The number of hydrogen-bond donors (Lipinski definition) is 1. The van der Waals surface area contributed by atoms with E-state index in [0.717, 1.165) is 0 Å². The van der Waals surface area contributed by atoms with Crippen LogP contribution in [0.2, 0.25) is 0 Å². The lowest BCUT2D eigenvalue weighted by atomic mass is 10.3. The van der Waals surface area contributed by atoms with Gasteiger partial charge in [-0.05, 0) is 21.9 Å². The summed E-state index contributed by atoms with van der Waals surface area (Å²) >= 11 is 1.34. The van der Waals surface area contributed by atoms with Crippen molar-refractivity contribution in [2.75, 3.05) is 7.05 Å². The molecule has 102 valence electrons. The van der Waals surface area contributed by atoms with Crippen LogP contribution in [0.4, 0.5) is 0 Å². The quantitative estimate of drug-likeness (QED) is 0.731. The first-order chi connectivity index (χ1) is 9.75. The van der Waals surface area contributed by atoms with Crippen molar-refractivity contribution in [2.24, 2.45) is 0 Å². The summed E-state index contributed by atoms with van der Waals surface area (Å²) in [7, 11) is 1.70. The van der Waals surface area contributed by atoms with Crippen LogP contribution in [0.3, 0.4) is 0 Å². The fourth-order valence-corrected chi connectivity index (χ4v) is 2.56. The van der Waals surface area contributed by atoms with Gasteiger partial charge in [0, 0.05) is 7.05 Å². The van der Waals surface area contributed by atoms with E-state index in [1.165, 1.54) is 28.7 Å². The average Bonchev–Trinajstić information content (AvgIpc) is 3.18. The second kappa shape index (κ2) is 5.17. The molecule has 10 heteroatoms. The maximum atomic E-state index is 12.4. The summed E-state index contributed by atoms with van der Waals surface area (Å²) in [4.78, 5) is 18.6. The van der Waals surface area contributed by atoms with Crippen LogP contribution in [0.1, 0.15) is 15.5 Å². The van der Waals surface area contributed by atoms with Gasteiger partial charge in [0.2, 0.25) is 0 Å². The zero-order chi connectivity index (χ0) is 13.9. The first kappa shape index (κ1) is 12.4. The summed E-state index contributed by atoms with van der Waals surface area (Å²) in [5.74, 6) is 0.503. The number of H-pyrrole nitrogens is 1. The van der Waals surface area contributed by atoms with Gasteiger partial charge in [-0.3, -0.25) is 9.89 Å². The topological polar surface area (TPSA) is 105 Å². The van der Waals surface area contributed by atoms with Crippen LogP contribution in [0, 0.1) is 0 Å². The van der Waals surface area contributed by atoms with E-state index in [-0.39, 0.29) is 5.91 Å². The largest absolute Gasteiger partial charge is 0.333 e. The Morgan fingerprint density at radius 1 is 1.55 bits per heavy atom. The molecule has 1 amide bonds. The fourth-order valence-electron chi connectivity index (χ4n) is 1.69. The molecule has 0 bridgehead atoms. The summed E-state index contributed by atoms with van der Waals surface area (Å²) in [6.45, 7) is 0.353. The van der Waals surface area contributed by atoms with Crippen LogP contribution < -0.4 is 0 Å². The molecule has 0 saturated carbocycles. The van der Waals surface area contributed by atoms with Crippen LogP contribution in [0.25, 0.3) is 5.69 Å². The lowest BCUT2D eigenvalue weighted by Crippen LogP contribution is -2.27. The number of rotatable bonds is 4. The number of carbonyl (C=O) groups excluding carboxylic acids is 1. The van der Waals surface area contributed by atoms with E-state index in [1.807, 2.05) is 5.38 Å². The molecular formula is C10H10N8OS. The van der Waals surface area contributed by atoms with Crippen LogP contribution in [0.5, 0.6) is 0 Å². The minimum Gasteiger partial charge on any atom is -0.333 e. The first-order valence-corrected chi connectivity index (χ1v) is 6.54. The van der Waals surface area contributed by atoms with E-state index in [9.17, 15) is 4.79 Å². The molecule has 3 aromatic heterocycles. The van der Waals surface area contributed by atoms with Gasteiger partial charge in [-0.25, -0.2) is 4.98 Å². The van der Waals surface area contributed by atoms with Gasteiger partial charge in [0.25, 0.3) is 5.91 Å². The predicted molar refractivity (Wildman–Crippen MR) is 69.2 cm³/mol. The zero-order valence-electron chi connectivity index (χ0n) is 10.5. The van der Waals surface area contributed by atoms with Gasteiger partial charge in [0.1, 0.15) is 23.4 Å². The summed E-state index contributed by atoms with van der Waals surface area (Å²) in [5, 5.41) is 19.2. The minimum absolute atomic E-state index is 0.123. The first-order valence-electron chi connectivity index (χ1n) is 5.66. The third-order valence-electron chi connectivity index (χ3n) is 2.63. The van der Waals surface area contributed by atoms with Crippen LogP contribution in [0.15, 0.2) is 24.1 Å². The van der Waals surface area contributed by atoms with E-state index in [1.54, 1.807) is 18.0 Å². The Morgan fingerprint density at radius 3 is 3.15 bits per heavy atom. The number of thiophene rings is 1. The molecule has 3 heterocycles. The Labute approximate surface area is 117 Å². The molecule has 0 fully saturated rings. The van der Waals surface area contributed by atoms with Gasteiger partial charge in [-0.1, -0.05) is 0 Å². The maximum absolute atomic E-state index is 12.4. The highest BCUT2D eigenvalue weighted by atomic mass is 32.1. The Kier molecular flexibility index (Phi) is 3.21. The lowest BCUT2D eigenvalue weighted by Gasteiger charge is -2.15. The minimum atomic E-state index is -0.123. The zero-order valence-corrected chi connectivity index (χ0v) is 11.3. The number of amides is 1. The van der Waals surface area contributed by atoms with Gasteiger partial charge in [-0.15, -0.1) is 16.4 Å². The Bertz CT molecular complexity index is 689. The molecule has 0 unspecified atom stereocenters. The van der Waals surface area contributed by atoms with Crippen molar-refractivity contribution in [2.45, 2.75) is 6.54 Å². The third-order valence-corrected chi connectivity index (χ3v) is 3.52. The molecular weight excluding hydrogens is 280 g/mol. The highest BCUT2D eigenvalue weighted by Gasteiger charge is 2.20. The van der Waals surface area contributed by atoms with Gasteiger partial charge >= 0.3 is 0 Å². The SMILES string of the molecule is CN(Cc1ncn[nH]1)C(=O)c1sccc1-n1cnnn1. The molecule has 0 spiro atoms. The number of hydrogen-bond acceptors (Lipinski definition) is 7. The highest BCUT2D eigenvalue weighted by molar-refractivity contribution is 7.12. The van der Waals surface area contributed by atoms with Crippen molar-refractivity contribution in [1.82, 2.24) is 40.3 Å². The number of aromatic amines is 1. The molecule has 20 heavy (non-hydrogen) atoms. The van der Waals surface area contributed by atoms with Gasteiger partial charge in [-0.2, -0.15) is 9.78 Å². The van der Waals surface area contributed by atoms with Crippen LogP contribution in [-0.4, -0.2) is 53.2 Å². The molecule has 0 aliphatic carbocycles. The van der Waals surface area contributed by atoms with Crippen molar-refractivity contribution < 1.29 is 4.79 Å². The second-order valence-corrected chi connectivity index (χ2v) is 4.90. The predicted octanol–water partition coefficient (Wildman–Crippen LogP) is 0.114. The summed E-state index contributed by atoms with van der Waals surface area (Å²) in [6.07, 6.45) is 2.86. The summed E-state index contributed by atoms with van der Waals surface area (Å²) in [6, 6.07) is 1.80. The van der Waals surface area contributed by atoms with Crippen molar-refractivity contribution in [3.63, 3.8) is 0 Å².